The van der Waals surface area contributed by atoms with Crippen molar-refractivity contribution in [2.24, 2.45) is 5.73 Å². The molecule has 1 heterocycles. The van der Waals surface area contributed by atoms with Crippen LogP contribution < -0.4 is 5.73 Å². The summed E-state index contributed by atoms with van der Waals surface area (Å²) in [7, 11) is 0. The molecule has 0 saturated heterocycles. The van der Waals surface area contributed by atoms with E-state index in [0.717, 1.165) is 12.5 Å². The van der Waals surface area contributed by atoms with Crippen LogP contribution in [0.2, 0.25) is 0 Å². The summed E-state index contributed by atoms with van der Waals surface area (Å²) in [6, 6.07) is 2.10. The molecule has 5 heteroatoms. The molecule has 0 aliphatic heterocycles. The van der Waals surface area contributed by atoms with Crippen LogP contribution in [0.3, 0.4) is 0 Å². The van der Waals surface area contributed by atoms with Crippen molar-refractivity contribution in [3.63, 3.8) is 0 Å². The van der Waals surface area contributed by atoms with Crippen molar-refractivity contribution in [3.8, 4) is 0 Å². The third-order valence-corrected chi connectivity index (χ3v) is 2.02. The Morgan fingerprint density at radius 1 is 1.46 bits per heavy atom. The van der Waals surface area contributed by atoms with E-state index in [1.807, 2.05) is 10.9 Å². The van der Waals surface area contributed by atoms with Gasteiger partial charge >= 0.3 is 0 Å². The van der Waals surface area contributed by atoms with Gasteiger partial charge in [-0.2, -0.15) is 5.10 Å². The molecule has 0 aromatic carbocycles. The van der Waals surface area contributed by atoms with Gasteiger partial charge in [-0.15, -0.1) is 24.8 Å². The van der Waals surface area contributed by atoms with E-state index in [1.165, 1.54) is 18.5 Å². The highest BCUT2D eigenvalue weighted by molar-refractivity contribution is 5.85. The van der Waals surface area contributed by atoms with Crippen LogP contribution in [0.1, 0.15) is 24.5 Å². The maximum absolute atomic E-state index is 5.40. The first-order valence-corrected chi connectivity index (χ1v) is 4.13. The van der Waals surface area contributed by atoms with Crippen molar-refractivity contribution in [2.75, 3.05) is 6.54 Å². The fourth-order valence-corrected chi connectivity index (χ4v) is 1.23. The summed E-state index contributed by atoms with van der Waals surface area (Å²) in [6.45, 7) is 1.51. The van der Waals surface area contributed by atoms with Crippen molar-refractivity contribution >= 4 is 24.8 Å². The van der Waals surface area contributed by atoms with Gasteiger partial charge in [0.15, 0.2) is 0 Å². The number of rotatable bonds is 3. The van der Waals surface area contributed by atoms with E-state index in [-0.39, 0.29) is 24.8 Å². The SMILES string of the molecule is Cl.Cl.NCCn1ccc(C2CC2)n1. The lowest BCUT2D eigenvalue weighted by Gasteiger charge is -1.95. The Morgan fingerprint density at radius 2 is 2.15 bits per heavy atom. The van der Waals surface area contributed by atoms with E-state index in [2.05, 4.69) is 11.2 Å². The molecule has 0 radical (unpaired) electrons. The number of nitrogens with zero attached hydrogens (tertiary/aromatic N) is 2. The summed E-state index contributed by atoms with van der Waals surface area (Å²) in [5, 5.41) is 4.40. The second-order valence-corrected chi connectivity index (χ2v) is 3.07. The summed E-state index contributed by atoms with van der Waals surface area (Å²) in [6.07, 6.45) is 4.65. The molecule has 1 aromatic rings. The van der Waals surface area contributed by atoms with Gasteiger partial charge in [0.2, 0.25) is 0 Å². The van der Waals surface area contributed by atoms with E-state index in [1.54, 1.807) is 0 Å². The van der Waals surface area contributed by atoms with Gasteiger partial charge in [-0.05, 0) is 18.9 Å². The van der Waals surface area contributed by atoms with Gasteiger partial charge in [0, 0.05) is 18.7 Å². The van der Waals surface area contributed by atoms with E-state index in [9.17, 15) is 0 Å². The molecule has 2 N–H and O–H groups in total. The summed E-state index contributed by atoms with van der Waals surface area (Å²) in [4.78, 5) is 0. The van der Waals surface area contributed by atoms with Crippen LogP contribution in [-0.2, 0) is 6.54 Å². The highest BCUT2D eigenvalue weighted by atomic mass is 35.5. The Hall–Kier alpha value is -0.250. The molecule has 76 valence electrons. The zero-order valence-electron chi connectivity index (χ0n) is 7.35. The predicted molar refractivity (Wildman–Crippen MR) is 57.8 cm³/mol. The van der Waals surface area contributed by atoms with Gasteiger partial charge in [0.05, 0.1) is 12.2 Å². The van der Waals surface area contributed by atoms with Gasteiger partial charge in [-0.3, -0.25) is 4.68 Å². The molecule has 0 unspecified atom stereocenters. The first kappa shape index (κ1) is 12.8. The van der Waals surface area contributed by atoms with Gasteiger partial charge in [-0.1, -0.05) is 0 Å². The van der Waals surface area contributed by atoms with Gasteiger partial charge in [0.25, 0.3) is 0 Å². The monoisotopic (exact) mass is 223 g/mol. The van der Waals surface area contributed by atoms with Gasteiger partial charge in [-0.25, -0.2) is 0 Å². The van der Waals surface area contributed by atoms with E-state index in [4.69, 9.17) is 5.73 Å². The average Bonchev–Trinajstić information content (AvgIpc) is 2.75. The van der Waals surface area contributed by atoms with Crippen molar-refractivity contribution in [1.82, 2.24) is 9.78 Å². The van der Waals surface area contributed by atoms with Crippen molar-refractivity contribution in [2.45, 2.75) is 25.3 Å². The molecule has 1 aliphatic carbocycles. The first-order valence-electron chi connectivity index (χ1n) is 4.13. The zero-order chi connectivity index (χ0) is 7.68. The number of nitrogens with two attached hydrogens (primary N) is 1. The predicted octanol–water partition coefficient (Wildman–Crippen LogP) is 1.56. The van der Waals surface area contributed by atoms with Crippen LogP contribution >= 0.6 is 24.8 Å². The summed E-state index contributed by atoms with van der Waals surface area (Å²) >= 11 is 0. The maximum Gasteiger partial charge on any atom is 0.0655 e. The third-order valence-electron chi connectivity index (χ3n) is 2.02. The fraction of sp³-hybridized carbons (Fsp3) is 0.625. The zero-order valence-corrected chi connectivity index (χ0v) is 8.98. The lowest BCUT2D eigenvalue weighted by molar-refractivity contribution is 0.615. The minimum atomic E-state index is 0. The lowest BCUT2D eigenvalue weighted by Crippen LogP contribution is -2.10. The molecular formula is C8H15Cl2N3. The van der Waals surface area contributed by atoms with E-state index in [0.29, 0.717) is 6.54 Å². The Kier molecular flexibility index (Phi) is 5.37. The molecule has 2 rings (SSSR count). The van der Waals surface area contributed by atoms with Crippen LogP contribution in [0.25, 0.3) is 0 Å². The summed E-state index contributed by atoms with van der Waals surface area (Å²) in [5.74, 6) is 0.758. The third kappa shape index (κ3) is 3.18. The van der Waals surface area contributed by atoms with Crippen molar-refractivity contribution < 1.29 is 0 Å². The first-order chi connectivity index (χ1) is 5.40. The van der Waals surface area contributed by atoms with Crippen LogP contribution in [0.5, 0.6) is 0 Å². The number of halogens is 2. The minimum absolute atomic E-state index is 0. The Labute approximate surface area is 90.5 Å². The molecule has 0 amide bonds. The van der Waals surface area contributed by atoms with Crippen LogP contribution in [0.4, 0.5) is 0 Å². The molecule has 3 nitrogen and oxygen atoms in total. The normalized spacial score (nSPS) is 14.5. The number of aromatic nitrogens is 2. The number of hydrogen-bond acceptors (Lipinski definition) is 2. The molecule has 0 atom stereocenters. The summed E-state index contributed by atoms with van der Waals surface area (Å²) < 4.78 is 1.92. The fourth-order valence-electron chi connectivity index (χ4n) is 1.23. The Balaban J connectivity index is 0.000000720. The van der Waals surface area contributed by atoms with Crippen molar-refractivity contribution in [1.29, 1.82) is 0 Å². The molecule has 0 spiro atoms. The average molecular weight is 224 g/mol. The smallest absolute Gasteiger partial charge is 0.0655 e. The second-order valence-electron chi connectivity index (χ2n) is 3.07. The molecule has 1 fully saturated rings. The second kappa shape index (κ2) is 5.47. The Morgan fingerprint density at radius 3 is 2.69 bits per heavy atom. The number of hydrogen-bond donors (Lipinski definition) is 1. The lowest BCUT2D eigenvalue weighted by atomic mass is 10.3. The van der Waals surface area contributed by atoms with E-state index < -0.39 is 0 Å². The molecule has 1 aromatic heterocycles. The van der Waals surface area contributed by atoms with Gasteiger partial charge < -0.3 is 5.73 Å². The van der Waals surface area contributed by atoms with Crippen molar-refractivity contribution in [3.05, 3.63) is 18.0 Å². The van der Waals surface area contributed by atoms with Crippen LogP contribution in [-0.4, -0.2) is 16.3 Å². The summed E-state index contributed by atoms with van der Waals surface area (Å²) in [5.41, 5.74) is 6.65. The minimum Gasteiger partial charge on any atom is -0.329 e. The molecule has 1 aliphatic rings. The topological polar surface area (TPSA) is 43.8 Å². The highest BCUT2D eigenvalue weighted by Gasteiger charge is 2.25. The molecule has 1 saturated carbocycles. The molecular weight excluding hydrogens is 209 g/mol. The van der Waals surface area contributed by atoms with Crippen LogP contribution in [0, 0.1) is 0 Å². The Bertz CT molecular complexity index is 245. The highest BCUT2D eigenvalue weighted by Crippen LogP contribution is 2.38. The van der Waals surface area contributed by atoms with Crippen LogP contribution in [0.15, 0.2) is 12.3 Å². The van der Waals surface area contributed by atoms with Gasteiger partial charge in [0.1, 0.15) is 0 Å². The quantitative estimate of drug-likeness (QED) is 0.846. The molecule has 0 bridgehead atoms. The maximum atomic E-state index is 5.40. The standard InChI is InChI=1S/C8H13N3.2ClH/c9-4-6-11-5-3-8(10-11)7-1-2-7;;/h3,5,7H,1-2,4,6,9H2;2*1H. The molecule has 13 heavy (non-hydrogen) atoms. The largest absolute Gasteiger partial charge is 0.329 e. The van der Waals surface area contributed by atoms with E-state index >= 15 is 0 Å².